The van der Waals surface area contributed by atoms with Crippen LogP contribution in [0.1, 0.15) is 19.5 Å². The predicted octanol–water partition coefficient (Wildman–Crippen LogP) is 0.761. The van der Waals surface area contributed by atoms with Crippen molar-refractivity contribution in [3.8, 4) is 0 Å². The fourth-order valence-electron chi connectivity index (χ4n) is 2.74. The number of anilines is 1. The first-order chi connectivity index (χ1) is 11.1. The SMILES string of the molecule is CCc1cc(=O)n2nc(NCC(C)N3CCN(C)CC3)sc2n1. The number of rotatable bonds is 5. The highest BCUT2D eigenvalue weighted by Crippen LogP contribution is 2.17. The fourth-order valence-corrected chi connectivity index (χ4v) is 3.57. The van der Waals surface area contributed by atoms with E-state index in [-0.39, 0.29) is 5.56 Å². The van der Waals surface area contributed by atoms with E-state index in [1.54, 1.807) is 6.07 Å². The van der Waals surface area contributed by atoms with Gasteiger partial charge in [-0.15, -0.1) is 5.10 Å². The van der Waals surface area contributed by atoms with Crippen molar-refractivity contribution in [2.75, 3.05) is 45.1 Å². The third kappa shape index (κ3) is 3.70. The van der Waals surface area contributed by atoms with Gasteiger partial charge in [-0.1, -0.05) is 18.3 Å². The molecule has 1 fully saturated rings. The normalized spacial score (nSPS) is 18.4. The first-order valence-corrected chi connectivity index (χ1v) is 8.94. The first-order valence-electron chi connectivity index (χ1n) is 8.13. The maximum Gasteiger partial charge on any atom is 0.275 e. The molecule has 8 heteroatoms. The molecule has 1 saturated heterocycles. The molecule has 2 aromatic heterocycles. The monoisotopic (exact) mass is 336 g/mol. The molecule has 0 aliphatic carbocycles. The van der Waals surface area contributed by atoms with E-state index in [1.165, 1.54) is 15.9 Å². The van der Waals surface area contributed by atoms with E-state index < -0.39 is 0 Å². The van der Waals surface area contributed by atoms with Crippen LogP contribution in [0.5, 0.6) is 0 Å². The van der Waals surface area contributed by atoms with Gasteiger partial charge in [-0.2, -0.15) is 4.52 Å². The van der Waals surface area contributed by atoms with Gasteiger partial charge >= 0.3 is 0 Å². The zero-order valence-corrected chi connectivity index (χ0v) is 14.8. The van der Waals surface area contributed by atoms with Crippen molar-refractivity contribution < 1.29 is 0 Å². The lowest BCUT2D eigenvalue weighted by Crippen LogP contribution is -2.49. The zero-order valence-electron chi connectivity index (χ0n) is 13.9. The Morgan fingerprint density at radius 1 is 1.35 bits per heavy atom. The van der Waals surface area contributed by atoms with Crippen LogP contribution in [0.15, 0.2) is 10.9 Å². The van der Waals surface area contributed by atoms with Crippen molar-refractivity contribution in [3.05, 3.63) is 22.1 Å². The summed E-state index contributed by atoms with van der Waals surface area (Å²) in [5, 5.41) is 8.45. The molecule has 126 valence electrons. The number of piperazine rings is 1. The van der Waals surface area contributed by atoms with Gasteiger partial charge < -0.3 is 10.2 Å². The summed E-state index contributed by atoms with van der Waals surface area (Å²) in [5.41, 5.74) is 0.708. The Morgan fingerprint density at radius 2 is 2.09 bits per heavy atom. The summed E-state index contributed by atoms with van der Waals surface area (Å²) in [6.07, 6.45) is 0.757. The Morgan fingerprint density at radius 3 is 2.78 bits per heavy atom. The second kappa shape index (κ2) is 6.94. The number of hydrogen-bond acceptors (Lipinski definition) is 7. The molecule has 0 radical (unpaired) electrons. The van der Waals surface area contributed by atoms with Gasteiger partial charge in [-0.25, -0.2) is 4.98 Å². The van der Waals surface area contributed by atoms with Gasteiger partial charge in [0.2, 0.25) is 10.1 Å². The van der Waals surface area contributed by atoms with Crippen molar-refractivity contribution in [2.45, 2.75) is 26.3 Å². The molecule has 1 unspecified atom stereocenters. The lowest BCUT2D eigenvalue weighted by Gasteiger charge is -2.36. The third-order valence-electron chi connectivity index (χ3n) is 4.37. The van der Waals surface area contributed by atoms with Crippen LogP contribution in [0, 0.1) is 0 Å². The van der Waals surface area contributed by atoms with Crippen molar-refractivity contribution in [3.63, 3.8) is 0 Å². The Labute approximate surface area is 139 Å². The summed E-state index contributed by atoms with van der Waals surface area (Å²) >= 11 is 1.43. The van der Waals surface area contributed by atoms with E-state index in [1.807, 2.05) is 6.92 Å². The van der Waals surface area contributed by atoms with Crippen molar-refractivity contribution in [1.82, 2.24) is 24.4 Å². The van der Waals surface area contributed by atoms with Gasteiger partial charge in [0.25, 0.3) is 5.56 Å². The van der Waals surface area contributed by atoms with E-state index in [0.717, 1.165) is 50.0 Å². The van der Waals surface area contributed by atoms with Gasteiger partial charge in [0, 0.05) is 50.5 Å². The summed E-state index contributed by atoms with van der Waals surface area (Å²) in [5.74, 6) is 0. The number of aryl methyl sites for hydroxylation is 1. The Hall–Kier alpha value is -1.51. The van der Waals surface area contributed by atoms with E-state index >= 15 is 0 Å². The summed E-state index contributed by atoms with van der Waals surface area (Å²) in [6.45, 7) is 9.47. The molecule has 0 saturated carbocycles. The average molecular weight is 336 g/mol. The van der Waals surface area contributed by atoms with Gasteiger partial charge in [0.15, 0.2) is 0 Å². The molecule has 0 bridgehead atoms. The average Bonchev–Trinajstić information content (AvgIpc) is 2.96. The fraction of sp³-hybridized carbons (Fsp3) is 0.667. The van der Waals surface area contributed by atoms with E-state index in [2.05, 4.69) is 39.2 Å². The number of hydrogen-bond donors (Lipinski definition) is 1. The van der Waals surface area contributed by atoms with Crippen LogP contribution >= 0.6 is 11.3 Å². The minimum atomic E-state index is -0.108. The Balaban J connectivity index is 1.65. The summed E-state index contributed by atoms with van der Waals surface area (Å²) in [6, 6.07) is 2.00. The topological polar surface area (TPSA) is 65.8 Å². The predicted molar refractivity (Wildman–Crippen MR) is 93.5 cm³/mol. The molecule has 7 nitrogen and oxygen atoms in total. The molecular weight excluding hydrogens is 312 g/mol. The van der Waals surface area contributed by atoms with Gasteiger partial charge in [-0.3, -0.25) is 9.69 Å². The lowest BCUT2D eigenvalue weighted by atomic mass is 10.2. The molecule has 2 aromatic rings. The molecule has 0 aromatic carbocycles. The quantitative estimate of drug-likeness (QED) is 0.870. The largest absolute Gasteiger partial charge is 0.359 e. The molecule has 3 rings (SSSR count). The van der Waals surface area contributed by atoms with Crippen LogP contribution in [-0.4, -0.2) is 70.2 Å². The second-order valence-corrected chi connectivity index (χ2v) is 7.07. The minimum Gasteiger partial charge on any atom is -0.359 e. The Kier molecular flexibility index (Phi) is 4.93. The highest BCUT2D eigenvalue weighted by molar-refractivity contribution is 7.20. The molecule has 0 amide bonds. The first kappa shape index (κ1) is 16.4. The second-order valence-electron chi connectivity index (χ2n) is 6.11. The number of likely N-dealkylation sites (N-methyl/N-ethyl adjacent to an activating group) is 1. The van der Waals surface area contributed by atoms with Crippen molar-refractivity contribution >= 4 is 21.4 Å². The van der Waals surface area contributed by atoms with Crippen molar-refractivity contribution in [2.24, 2.45) is 0 Å². The molecule has 3 heterocycles. The molecule has 1 aliphatic heterocycles. The number of nitrogens with one attached hydrogen (secondary N) is 1. The molecular formula is C15H24N6OS. The van der Waals surface area contributed by atoms with Crippen LogP contribution < -0.4 is 10.9 Å². The van der Waals surface area contributed by atoms with Gasteiger partial charge in [-0.05, 0) is 20.4 Å². The van der Waals surface area contributed by atoms with Crippen LogP contribution in [0.25, 0.3) is 4.96 Å². The zero-order chi connectivity index (χ0) is 16.4. The molecule has 1 N–H and O–H groups in total. The highest BCUT2D eigenvalue weighted by atomic mass is 32.1. The van der Waals surface area contributed by atoms with Gasteiger partial charge in [0.05, 0.1) is 0 Å². The van der Waals surface area contributed by atoms with E-state index in [4.69, 9.17) is 0 Å². The maximum absolute atomic E-state index is 12.0. The van der Waals surface area contributed by atoms with Crippen LogP contribution in [-0.2, 0) is 6.42 Å². The third-order valence-corrected chi connectivity index (χ3v) is 5.24. The smallest absolute Gasteiger partial charge is 0.275 e. The summed E-state index contributed by atoms with van der Waals surface area (Å²) < 4.78 is 1.38. The van der Waals surface area contributed by atoms with E-state index in [0.29, 0.717) is 11.0 Å². The summed E-state index contributed by atoms with van der Waals surface area (Å²) in [7, 11) is 2.16. The molecule has 1 atom stereocenters. The van der Waals surface area contributed by atoms with Crippen LogP contribution in [0.2, 0.25) is 0 Å². The standard InChI is InChI=1S/C15H24N6OS/c1-4-12-9-13(22)21-15(17-12)23-14(18-21)16-10-11(2)20-7-5-19(3)6-8-20/h9,11H,4-8,10H2,1-3H3,(H,16,18). The molecule has 0 spiro atoms. The molecule has 23 heavy (non-hydrogen) atoms. The number of aromatic nitrogens is 3. The minimum absolute atomic E-state index is 0.108. The van der Waals surface area contributed by atoms with E-state index in [9.17, 15) is 4.79 Å². The maximum atomic E-state index is 12.0. The van der Waals surface area contributed by atoms with Gasteiger partial charge in [0.1, 0.15) is 0 Å². The Bertz CT molecular complexity index is 718. The molecule has 1 aliphatic rings. The summed E-state index contributed by atoms with van der Waals surface area (Å²) in [4.78, 5) is 22.0. The number of nitrogens with zero attached hydrogens (tertiary/aromatic N) is 5. The lowest BCUT2D eigenvalue weighted by molar-refractivity contribution is 0.123. The van der Waals surface area contributed by atoms with Crippen LogP contribution in [0.3, 0.4) is 0 Å². The number of fused-ring (bicyclic) bond motifs is 1. The van der Waals surface area contributed by atoms with Crippen molar-refractivity contribution in [1.29, 1.82) is 0 Å². The van der Waals surface area contributed by atoms with Crippen LogP contribution in [0.4, 0.5) is 5.13 Å². The highest BCUT2D eigenvalue weighted by Gasteiger charge is 2.19.